The highest BCUT2D eigenvalue weighted by Gasteiger charge is 2.49. The van der Waals surface area contributed by atoms with Gasteiger partial charge in [0.2, 0.25) is 5.91 Å². The number of nitrogens with one attached hydrogen (secondary N) is 2. The summed E-state index contributed by atoms with van der Waals surface area (Å²) in [6, 6.07) is 15.1. The minimum atomic E-state index is -1.16. The van der Waals surface area contributed by atoms with E-state index in [0.717, 1.165) is 22.4 Å². The van der Waals surface area contributed by atoms with Crippen molar-refractivity contribution >= 4 is 17.5 Å². The van der Waals surface area contributed by atoms with Crippen molar-refractivity contribution in [3.8, 4) is 0 Å². The van der Waals surface area contributed by atoms with E-state index in [2.05, 4.69) is 10.6 Å². The first-order chi connectivity index (χ1) is 10.0. The van der Waals surface area contributed by atoms with Crippen molar-refractivity contribution < 1.29 is 9.59 Å². The summed E-state index contributed by atoms with van der Waals surface area (Å²) in [5.41, 5.74) is 2.16. The van der Waals surface area contributed by atoms with Crippen LogP contribution in [0.5, 0.6) is 0 Å². The molecule has 0 spiro atoms. The molecule has 0 bridgehead atoms. The number of carbonyl (C=O) groups excluding carboxylic acids is 2. The second kappa shape index (κ2) is 4.74. The topological polar surface area (TPSA) is 58.2 Å². The smallest absolute Gasteiger partial charge is 0.259 e. The fourth-order valence-corrected chi connectivity index (χ4v) is 2.85. The summed E-state index contributed by atoms with van der Waals surface area (Å²) in [7, 11) is 0. The Labute approximate surface area is 123 Å². The van der Waals surface area contributed by atoms with Gasteiger partial charge >= 0.3 is 0 Å². The van der Waals surface area contributed by atoms with Crippen LogP contribution in [0.25, 0.3) is 0 Å². The molecule has 21 heavy (non-hydrogen) atoms. The van der Waals surface area contributed by atoms with Crippen LogP contribution in [0.15, 0.2) is 48.5 Å². The van der Waals surface area contributed by atoms with Crippen molar-refractivity contribution in [2.75, 3.05) is 5.32 Å². The molecule has 1 atom stereocenters. The molecule has 1 unspecified atom stereocenters. The molecule has 0 radical (unpaired) electrons. The van der Waals surface area contributed by atoms with Crippen LogP contribution in [0.3, 0.4) is 0 Å². The monoisotopic (exact) mass is 280 g/mol. The van der Waals surface area contributed by atoms with Gasteiger partial charge in [-0.2, -0.15) is 0 Å². The molecule has 2 N–H and O–H groups in total. The van der Waals surface area contributed by atoms with Crippen LogP contribution in [0.2, 0.25) is 0 Å². The molecule has 1 aliphatic heterocycles. The molecule has 2 aromatic rings. The van der Waals surface area contributed by atoms with Crippen molar-refractivity contribution in [3.05, 3.63) is 65.2 Å². The number of amides is 2. The molecule has 4 heteroatoms. The Balaban J connectivity index is 2.29. The Bertz CT molecular complexity index is 725. The highest BCUT2D eigenvalue weighted by molar-refractivity contribution is 6.10. The first-order valence-corrected chi connectivity index (χ1v) is 6.81. The summed E-state index contributed by atoms with van der Waals surface area (Å²) in [6.07, 6.45) is 0. The van der Waals surface area contributed by atoms with Crippen molar-refractivity contribution in [1.82, 2.24) is 5.32 Å². The minimum absolute atomic E-state index is 0.232. The van der Waals surface area contributed by atoms with Crippen LogP contribution >= 0.6 is 0 Å². The van der Waals surface area contributed by atoms with Gasteiger partial charge in [-0.05, 0) is 18.6 Å². The fourth-order valence-electron chi connectivity index (χ4n) is 2.85. The van der Waals surface area contributed by atoms with Gasteiger partial charge in [0.05, 0.1) is 0 Å². The lowest BCUT2D eigenvalue weighted by Crippen LogP contribution is -2.51. The van der Waals surface area contributed by atoms with Crippen molar-refractivity contribution in [2.45, 2.75) is 19.4 Å². The van der Waals surface area contributed by atoms with E-state index >= 15 is 0 Å². The molecule has 2 amide bonds. The van der Waals surface area contributed by atoms with Gasteiger partial charge < -0.3 is 10.6 Å². The van der Waals surface area contributed by atoms with E-state index in [9.17, 15) is 9.59 Å². The number of anilines is 1. The zero-order valence-electron chi connectivity index (χ0n) is 11.9. The minimum Gasteiger partial charge on any atom is -0.335 e. The first-order valence-electron chi connectivity index (χ1n) is 6.81. The zero-order valence-corrected chi connectivity index (χ0v) is 11.9. The van der Waals surface area contributed by atoms with Crippen LogP contribution < -0.4 is 10.6 Å². The fraction of sp³-hybridized carbons (Fsp3) is 0.176. The molecule has 1 heterocycles. The number of rotatable bonds is 2. The van der Waals surface area contributed by atoms with E-state index in [4.69, 9.17) is 0 Å². The Kier molecular flexibility index (Phi) is 3.01. The summed E-state index contributed by atoms with van der Waals surface area (Å²) < 4.78 is 0. The first kappa shape index (κ1) is 13.4. The maximum absolute atomic E-state index is 12.7. The highest BCUT2D eigenvalue weighted by atomic mass is 16.2. The molecule has 3 rings (SSSR count). The Morgan fingerprint density at radius 1 is 1.14 bits per heavy atom. The van der Waals surface area contributed by atoms with E-state index in [1.807, 2.05) is 55.5 Å². The zero-order chi connectivity index (χ0) is 15.0. The summed E-state index contributed by atoms with van der Waals surface area (Å²) in [5, 5.41) is 5.72. The van der Waals surface area contributed by atoms with Gasteiger partial charge in [-0.15, -0.1) is 0 Å². The third kappa shape index (κ3) is 2.00. The maximum Gasteiger partial charge on any atom is 0.259 e. The third-order valence-corrected chi connectivity index (χ3v) is 3.74. The molecule has 4 nitrogen and oxygen atoms in total. The van der Waals surface area contributed by atoms with Gasteiger partial charge in [-0.25, -0.2) is 0 Å². The number of aryl methyl sites for hydroxylation is 1. The van der Waals surface area contributed by atoms with Crippen molar-refractivity contribution in [2.24, 2.45) is 0 Å². The van der Waals surface area contributed by atoms with Gasteiger partial charge in [0.1, 0.15) is 0 Å². The molecule has 0 aromatic heterocycles. The van der Waals surface area contributed by atoms with Gasteiger partial charge in [-0.1, -0.05) is 48.0 Å². The van der Waals surface area contributed by atoms with E-state index in [1.165, 1.54) is 6.92 Å². The molecule has 2 aromatic carbocycles. The molecule has 1 aliphatic rings. The van der Waals surface area contributed by atoms with E-state index < -0.39 is 5.54 Å². The van der Waals surface area contributed by atoms with E-state index in [0.29, 0.717) is 0 Å². The van der Waals surface area contributed by atoms with E-state index in [-0.39, 0.29) is 11.8 Å². The van der Waals surface area contributed by atoms with Gasteiger partial charge in [0.15, 0.2) is 5.54 Å². The van der Waals surface area contributed by atoms with Crippen LogP contribution in [-0.2, 0) is 15.1 Å². The summed E-state index contributed by atoms with van der Waals surface area (Å²) in [6.45, 7) is 3.39. The standard InChI is InChI=1S/C17H16N2O2/c1-11-8-9-15-14(10-11)17(16(21)18-15,19-12(2)20)13-6-4-3-5-7-13/h3-10H,1-2H3,(H,18,21)(H,19,20). The van der Waals surface area contributed by atoms with Crippen LogP contribution in [0.1, 0.15) is 23.6 Å². The number of hydrogen-bond donors (Lipinski definition) is 2. The molecule has 0 saturated carbocycles. The molecule has 0 saturated heterocycles. The predicted molar refractivity (Wildman–Crippen MR) is 80.8 cm³/mol. The largest absolute Gasteiger partial charge is 0.335 e. The lowest BCUT2D eigenvalue weighted by Gasteiger charge is -2.29. The Hall–Kier alpha value is -2.62. The molecule has 0 aliphatic carbocycles. The van der Waals surface area contributed by atoms with Crippen LogP contribution in [-0.4, -0.2) is 11.8 Å². The molecular weight excluding hydrogens is 264 g/mol. The van der Waals surface area contributed by atoms with Gasteiger partial charge in [-0.3, -0.25) is 9.59 Å². The highest BCUT2D eigenvalue weighted by Crippen LogP contribution is 2.41. The van der Waals surface area contributed by atoms with Crippen molar-refractivity contribution in [3.63, 3.8) is 0 Å². The second-order valence-electron chi connectivity index (χ2n) is 5.30. The predicted octanol–water partition coefficient (Wildman–Crippen LogP) is 2.33. The summed E-state index contributed by atoms with van der Waals surface area (Å²) >= 11 is 0. The second-order valence-corrected chi connectivity index (χ2v) is 5.30. The summed E-state index contributed by atoms with van der Waals surface area (Å²) in [4.78, 5) is 24.4. The number of benzene rings is 2. The Morgan fingerprint density at radius 3 is 2.52 bits per heavy atom. The average molecular weight is 280 g/mol. The quantitative estimate of drug-likeness (QED) is 0.887. The normalized spacial score (nSPS) is 19.8. The third-order valence-electron chi connectivity index (χ3n) is 3.74. The molecule has 0 fully saturated rings. The van der Waals surface area contributed by atoms with Gasteiger partial charge in [0.25, 0.3) is 5.91 Å². The number of fused-ring (bicyclic) bond motifs is 1. The molecule has 106 valence electrons. The number of carbonyl (C=O) groups is 2. The SMILES string of the molecule is CC(=O)NC1(c2ccccc2)C(=O)Nc2ccc(C)cc21. The summed E-state index contributed by atoms with van der Waals surface area (Å²) in [5.74, 6) is -0.479. The lowest BCUT2D eigenvalue weighted by atomic mass is 9.83. The van der Waals surface area contributed by atoms with E-state index in [1.54, 1.807) is 0 Å². The van der Waals surface area contributed by atoms with Crippen molar-refractivity contribution in [1.29, 1.82) is 0 Å². The average Bonchev–Trinajstić information content (AvgIpc) is 2.73. The van der Waals surface area contributed by atoms with Gasteiger partial charge in [0, 0.05) is 18.2 Å². The van der Waals surface area contributed by atoms with Crippen LogP contribution in [0, 0.1) is 6.92 Å². The maximum atomic E-state index is 12.7. The Morgan fingerprint density at radius 2 is 1.86 bits per heavy atom. The molecular formula is C17H16N2O2. The lowest BCUT2D eigenvalue weighted by molar-refractivity contribution is -0.127. The number of hydrogen-bond acceptors (Lipinski definition) is 2. The van der Waals surface area contributed by atoms with Crippen LogP contribution in [0.4, 0.5) is 5.69 Å².